The average Bonchev–Trinajstić information content (AvgIpc) is 3.09. The Bertz CT molecular complexity index is 540. The molecule has 0 atom stereocenters. The maximum absolute atomic E-state index is 11.4. The molecule has 1 aromatic rings. The molecule has 5 N–H and O–H groups in total. The van der Waals surface area contributed by atoms with Crippen molar-refractivity contribution in [1.29, 1.82) is 0 Å². The fraction of sp³-hybridized carbons (Fsp3) is 0.455. The lowest BCUT2D eigenvalue weighted by Crippen LogP contribution is -2.30. The zero-order chi connectivity index (χ0) is 13.3. The minimum absolute atomic E-state index is 0.00442. The van der Waals surface area contributed by atoms with Gasteiger partial charge in [-0.15, -0.1) is 0 Å². The van der Waals surface area contributed by atoms with E-state index >= 15 is 0 Å². The lowest BCUT2D eigenvalue weighted by Gasteiger charge is -2.25. The Morgan fingerprint density at radius 3 is 2.56 bits per heavy atom. The number of benzene rings is 1. The van der Waals surface area contributed by atoms with Crippen LogP contribution < -0.4 is 15.8 Å². The summed E-state index contributed by atoms with van der Waals surface area (Å²) < 4.78 is 22.8. The number of para-hydroxylation sites is 1. The fourth-order valence-electron chi connectivity index (χ4n) is 2.02. The molecule has 0 spiro atoms. The Kier molecular flexibility index (Phi) is 3.47. The van der Waals surface area contributed by atoms with E-state index in [1.165, 1.54) is 6.07 Å². The van der Waals surface area contributed by atoms with Gasteiger partial charge in [-0.05, 0) is 25.0 Å². The van der Waals surface area contributed by atoms with E-state index in [9.17, 15) is 8.42 Å². The Labute approximate surface area is 106 Å². The van der Waals surface area contributed by atoms with Gasteiger partial charge < -0.3 is 15.7 Å². The van der Waals surface area contributed by atoms with Crippen LogP contribution in [0.3, 0.4) is 0 Å². The summed E-state index contributed by atoms with van der Waals surface area (Å²) in [5, 5.41) is 14.2. The molecule has 1 aliphatic rings. The van der Waals surface area contributed by atoms with Crippen LogP contribution in [0, 0.1) is 0 Å². The molecule has 0 amide bonds. The van der Waals surface area contributed by atoms with E-state index in [1.54, 1.807) is 12.1 Å². The summed E-state index contributed by atoms with van der Waals surface area (Å²) in [5.41, 5.74) is 6.66. The van der Waals surface area contributed by atoms with Crippen LogP contribution in [0.15, 0.2) is 23.1 Å². The zero-order valence-electron chi connectivity index (χ0n) is 9.91. The number of hydrogen-bond acceptors (Lipinski definition) is 5. The first-order chi connectivity index (χ1) is 8.45. The molecule has 0 heterocycles. The lowest BCUT2D eigenvalue weighted by molar-refractivity contribution is 0.301. The van der Waals surface area contributed by atoms with Crippen LogP contribution in [-0.4, -0.2) is 32.7 Å². The van der Waals surface area contributed by atoms with E-state index in [1.807, 2.05) is 4.90 Å². The second-order valence-corrected chi connectivity index (χ2v) is 5.91. The molecule has 1 aromatic carbocycles. The minimum Gasteiger partial charge on any atom is -0.396 e. The number of rotatable bonds is 5. The highest BCUT2D eigenvalue weighted by Gasteiger charge is 2.30. The molecule has 0 saturated heterocycles. The summed E-state index contributed by atoms with van der Waals surface area (Å²) in [5.74, 6) is 0. The number of nitrogens with zero attached hydrogens (tertiary/aromatic N) is 1. The molecule has 18 heavy (non-hydrogen) atoms. The standard InChI is InChI=1S/C11H17N3O3S/c12-11-9(14(6-7-15)8-4-5-8)2-1-3-10(11)18(13,16)17/h1-3,8,15H,4-7,12H2,(H2,13,16,17). The van der Waals surface area contributed by atoms with E-state index in [2.05, 4.69) is 0 Å². The summed E-state index contributed by atoms with van der Waals surface area (Å²) >= 11 is 0. The summed E-state index contributed by atoms with van der Waals surface area (Å²) in [6.45, 7) is 0.429. The molecule has 0 bridgehead atoms. The molecule has 1 saturated carbocycles. The first kappa shape index (κ1) is 13.1. The number of anilines is 2. The number of aliphatic hydroxyl groups excluding tert-OH is 1. The van der Waals surface area contributed by atoms with Crippen LogP contribution in [0.5, 0.6) is 0 Å². The SMILES string of the molecule is Nc1c(N(CCO)C2CC2)cccc1S(N)(=O)=O. The predicted molar refractivity (Wildman–Crippen MR) is 69.7 cm³/mol. The molecular weight excluding hydrogens is 254 g/mol. The molecule has 6 nitrogen and oxygen atoms in total. The maximum Gasteiger partial charge on any atom is 0.240 e. The van der Waals surface area contributed by atoms with Gasteiger partial charge in [-0.1, -0.05) is 6.07 Å². The van der Waals surface area contributed by atoms with Gasteiger partial charge in [-0.25, -0.2) is 13.6 Å². The van der Waals surface area contributed by atoms with E-state index in [-0.39, 0.29) is 17.2 Å². The topological polar surface area (TPSA) is 110 Å². The highest BCUT2D eigenvalue weighted by Crippen LogP contribution is 2.36. The molecular formula is C11H17N3O3S. The second-order valence-electron chi connectivity index (χ2n) is 4.38. The molecule has 7 heteroatoms. The third-order valence-corrected chi connectivity index (χ3v) is 3.96. The number of primary sulfonamides is 1. The van der Waals surface area contributed by atoms with Crippen molar-refractivity contribution in [3.05, 3.63) is 18.2 Å². The molecule has 0 aromatic heterocycles. The predicted octanol–water partition coefficient (Wildman–Crippen LogP) is -0.123. The molecule has 1 fully saturated rings. The fourth-order valence-corrected chi connectivity index (χ4v) is 2.70. The van der Waals surface area contributed by atoms with Gasteiger partial charge >= 0.3 is 0 Å². The first-order valence-corrected chi connectivity index (χ1v) is 7.28. The molecule has 0 radical (unpaired) electrons. The first-order valence-electron chi connectivity index (χ1n) is 5.74. The summed E-state index contributed by atoms with van der Waals surface area (Å²) in [6.07, 6.45) is 2.05. The van der Waals surface area contributed by atoms with Crippen molar-refractivity contribution in [2.24, 2.45) is 5.14 Å². The normalized spacial score (nSPS) is 15.7. The van der Waals surface area contributed by atoms with Gasteiger partial charge in [-0.2, -0.15) is 0 Å². The molecule has 0 unspecified atom stereocenters. The zero-order valence-corrected chi connectivity index (χ0v) is 10.7. The van der Waals surface area contributed by atoms with Crippen LogP contribution >= 0.6 is 0 Å². The Morgan fingerprint density at radius 1 is 1.39 bits per heavy atom. The van der Waals surface area contributed by atoms with Gasteiger partial charge in [-0.3, -0.25) is 0 Å². The van der Waals surface area contributed by atoms with Crippen molar-refractivity contribution in [2.75, 3.05) is 23.8 Å². The number of nitrogens with two attached hydrogens (primary N) is 2. The highest BCUT2D eigenvalue weighted by atomic mass is 32.2. The van der Waals surface area contributed by atoms with Gasteiger partial charge in [0.15, 0.2) is 0 Å². The van der Waals surface area contributed by atoms with Crippen LogP contribution in [0.4, 0.5) is 11.4 Å². The van der Waals surface area contributed by atoms with Crippen molar-refractivity contribution in [3.8, 4) is 0 Å². The van der Waals surface area contributed by atoms with Gasteiger partial charge in [0.1, 0.15) is 4.90 Å². The van der Waals surface area contributed by atoms with Gasteiger partial charge in [0, 0.05) is 12.6 Å². The lowest BCUT2D eigenvalue weighted by atomic mass is 10.2. The van der Waals surface area contributed by atoms with Crippen molar-refractivity contribution in [1.82, 2.24) is 0 Å². The highest BCUT2D eigenvalue weighted by molar-refractivity contribution is 7.89. The van der Waals surface area contributed by atoms with Crippen molar-refractivity contribution >= 4 is 21.4 Å². The van der Waals surface area contributed by atoms with Crippen LogP contribution in [0.25, 0.3) is 0 Å². The minimum atomic E-state index is -3.82. The quantitative estimate of drug-likeness (QED) is 0.647. The third kappa shape index (κ3) is 2.58. The Morgan fingerprint density at radius 2 is 2.06 bits per heavy atom. The molecule has 1 aliphatic carbocycles. The summed E-state index contributed by atoms with van der Waals surface area (Å²) in [6, 6.07) is 5.07. The monoisotopic (exact) mass is 271 g/mol. The molecule has 100 valence electrons. The Hall–Kier alpha value is -1.31. The van der Waals surface area contributed by atoms with Crippen LogP contribution in [0.2, 0.25) is 0 Å². The number of sulfonamides is 1. The van der Waals surface area contributed by atoms with E-state index in [0.29, 0.717) is 18.3 Å². The van der Waals surface area contributed by atoms with Crippen LogP contribution in [0.1, 0.15) is 12.8 Å². The number of hydrogen-bond donors (Lipinski definition) is 3. The maximum atomic E-state index is 11.4. The van der Waals surface area contributed by atoms with Gasteiger partial charge in [0.25, 0.3) is 0 Å². The number of aliphatic hydroxyl groups is 1. The largest absolute Gasteiger partial charge is 0.396 e. The molecule has 2 rings (SSSR count). The summed E-state index contributed by atoms with van der Waals surface area (Å²) in [4.78, 5) is 1.87. The van der Waals surface area contributed by atoms with Crippen molar-refractivity contribution in [2.45, 2.75) is 23.8 Å². The van der Waals surface area contributed by atoms with Crippen molar-refractivity contribution in [3.63, 3.8) is 0 Å². The summed E-state index contributed by atoms with van der Waals surface area (Å²) in [7, 11) is -3.82. The van der Waals surface area contributed by atoms with E-state index in [4.69, 9.17) is 16.0 Å². The van der Waals surface area contributed by atoms with E-state index in [0.717, 1.165) is 12.8 Å². The average molecular weight is 271 g/mol. The van der Waals surface area contributed by atoms with Crippen molar-refractivity contribution < 1.29 is 13.5 Å². The van der Waals surface area contributed by atoms with Gasteiger partial charge in [0.05, 0.1) is 18.0 Å². The smallest absolute Gasteiger partial charge is 0.240 e. The van der Waals surface area contributed by atoms with Gasteiger partial charge in [0.2, 0.25) is 10.0 Å². The number of nitrogen functional groups attached to an aromatic ring is 1. The van der Waals surface area contributed by atoms with E-state index < -0.39 is 10.0 Å². The second kappa shape index (κ2) is 4.75. The Balaban J connectivity index is 2.44. The van der Waals surface area contributed by atoms with Crippen LogP contribution in [-0.2, 0) is 10.0 Å². The molecule has 0 aliphatic heterocycles. The third-order valence-electron chi connectivity index (χ3n) is 2.99.